The van der Waals surface area contributed by atoms with E-state index in [4.69, 9.17) is 27.9 Å². The second kappa shape index (κ2) is 15.1. The van der Waals surface area contributed by atoms with Crippen molar-refractivity contribution in [3.05, 3.63) is 119 Å². The maximum atomic E-state index is 14.0. The van der Waals surface area contributed by atoms with E-state index in [1.165, 1.54) is 17.0 Å². The largest absolute Gasteiger partial charge is 0.457 e. The summed E-state index contributed by atoms with van der Waals surface area (Å²) in [6.07, 6.45) is 0.715. The van der Waals surface area contributed by atoms with Crippen molar-refractivity contribution in [1.82, 2.24) is 10.2 Å². The fourth-order valence-electron chi connectivity index (χ4n) is 4.37. The van der Waals surface area contributed by atoms with Gasteiger partial charge in [-0.15, -0.1) is 0 Å². The predicted octanol–water partition coefficient (Wildman–Crippen LogP) is 6.92. The topological polar surface area (TPSA) is 96.0 Å². The van der Waals surface area contributed by atoms with Crippen molar-refractivity contribution in [1.29, 1.82) is 0 Å². The number of nitrogens with zero attached hydrogens (tertiary/aromatic N) is 2. The van der Waals surface area contributed by atoms with Crippen LogP contribution in [-0.4, -0.2) is 44.3 Å². The van der Waals surface area contributed by atoms with Crippen molar-refractivity contribution in [3.63, 3.8) is 0 Å². The van der Waals surface area contributed by atoms with Crippen LogP contribution in [0.15, 0.2) is 108 Å². The summed E-state index contributed by atoms with van der Waals surface area (Å²) in [5, 5.41) is 3.46. The van der Waals surface area contributed by atoms with Gasteiger partial charge in [0.1, 0.15) is 24.1 Å². The SMILES string of the molecule is CCCNC(=O)[C@H](C)N(Cc1ccc(Cl)c(Cl)c1)C(=O)CN(c1ccc(Oc2ccccc2)cc1)S(=O)(=O)c1ccccc1. The molecule has 1 N–H and O–H groups in total. The molecule has 0 aliphatic carbocycles. The molecule has 11 heteroatoms. The molecule has 0 saturated heterocycles. The fourth-order valence-corrected chi connectivity index (χ4v) is 6.12. The van der Waals surface area contributed by atoms with Crippen molar-refractivity contribution < 1.29 is 22.7 Å². The van der Waals surface area contributed by atoms with E-state index in [9.17, 15) is 18.0 Å². The van der Waals surface area contributed by atoms with Crippen LogP contribution in [-0.2, 0) is 26.2 Å². The summed E-state index contributed by atoms with van der Waals surface area (Å²) in [5.74, 6) is 0.169. The zero-order valence-corrected chi connectivity index (χ0v) is 26.6. The van der Waals surface area contributed by atoms with Gasteiger partial charge in [0.2, 0.25) is 11.8 Å². The molecule has 0 fully saturated rings. The molecule has 44 heavy (non-hydrogen) atoms. The molecule has 0 heterocycles. The van der Waals surface area contributed by atoms with Gasteiger partial charge in [0, 0.05) is 13.1 Å². The number of sulfonamides is 1. The van der Waals surface area contributed by atoms with Crippen LogP contribution in [0.25, 0.3) is 0 Å². The lowest BCUT2D eigenvalue weighted by molar-refractivity contribution is -0.139. The Morgan fingerprint density at radius 2 is 1.45 bits per heavy atom. The molecule has 0 aliphatic rings. The Labute approximate surface area is 268 Å². The first kappa shape index (κ1) is 32.9. The molecule has 230 valence electrons. The summed E-state index contributed by atoms with van der Waals surface area (Å²) < 4.78 is 34.8. The average Bonchev–Trinajstić information content (AvgIpc) is 3.03. The van der Waals surface area contributed by atoms with Gasteiger partial charge in [-0.05, 0) is 79.6 Å². The number of carbonyl (C=O) groups excluding carboxylic acids is 2. The number of hydrogen-bond donors (Lipinski definition) is 1. The Bertz CT molecular complexity index is 1670. The van der Waals surface area contributed by atoms with Crippen molar-refractivity contribution >= 4 is 50.7 Å². The zero-order valence-electron chi connectivity index (χ0n) is 24.3. The summed E-state index contributed by atoms with van der Waals surface area (Å²) in [6.45, 7) is 3.39. The van der Waals surface area contributed by atoms with Crippen LogP contribution >= 0.6 is 23.2 Å². The first-order valence-electron chi connectivity index (χ1n) is 14.0. The van der Waals surface area contributed by atoms with Gasteiger partial charge in [-0.1, -0.05) is 72.6 Å². The van der Waals surface area contributed by atoms with E-state index in [1.54, 1.807) is 79.7 Å². The van der Waals surface area contributed by atoms with Crippen molar-refractivity contribution in [2.45, 2.75) is 37.8 Å². The van der Waals surface area contributed by atoms with Crippen molar-refractivity contribution in [2.75, 3.05) is 17.4 Å². The monoisotopic (exact) mass is 653 g/mol. The first-order chi connectivity index (χ1) is 21.1. The van der Waals surface area contributed by atoms with E-state index < -0.39 is 28.5 Å². The molecule has 0 spiro atoms. The van der Waals surface area contributed by atoms with Crippen LogP contribution in [0, 0.1) is 0 Å². The highest BCUT2D eigenvalue weighted by Gasteiger charge is 2.32. The Morgan fingerprint density at radius 3 is 2.07 bits per heavy atom. The smallest absolute Gasteiger partial charge is 0.264 e. The minimum absolute atomic E-state index is 0.000484. The molecular formula is C33H33Cl2N3O5S. The minimum Gasteiger partial charge on any atom is -0.457 e. The molecular weight excluding hydrogens is 621 g/mol. The van der Waals surface area contributed by atoms with E-state index in [2.05, 4.69) is 5.32 Å². The van der Waals surface area contributed by atoms with Crippen LogP contribution in [0.3, 0.4) is 0 Å². The molecule has 0 unspecified atom stereocenters. The van der Waals surface area contributed by atoms with Gasteiger partial charge in [-0.3, -0.25) is 13.9 Å². The van der Waals surface area contributed by atoms with Crippen LogP contribution in [0.1, 0.15) is 25.8 Å². The van der Waals surface area contributed by atoms with E-state index in [0.717, 1.165) is 4.31 Å². The molecule has 0 aliphatic heterocycles. The third kappa shape index (κ3) is 8.31. The Kier molecular flexibility index (Phi) is 11.3. The lowest BCUT2D eigenvalue weighted by Crippen LogP contribution is -2.51. The zero-order chi connectivity index (χ0) is 31.7. The number of benzene rings is 4. The van der Waals surface area contributed by atoms with Crippen LogP contribution in [0.5, 0.6) is 11.5 Å². The maximum Gasteiger partial charge on any atom is 0.264 e. The average molecular weight is 655 g/mol. The highest BCUT2D eigenvalue weighted by molar-refractivity contribution is 7.92. The van der Waals surface area contributed by atoms with Crippen LogP contribution in [0.2, 0.25) is 10.0 Å². The highest BCUT2D eigenvalue weighted by Crippen LogP contribution is 2.29. The molecule has 0 aromatic heterocycles. The molecule has 0 bridgehead atoms. The van der Waals surface area contributed by atoms with E-state index in [0.29, 0.717) is 40.1 Å². The van der Waals surface area contributed by atoms with Gasteiger partial charge >= 0.3 is 0 Å². The van der Waals surface area contributed by atoms with Gasteiger partial charge < -0.3 is 15.0 Å². The van der Waals surface area contributed by atoms with Gasteiger partial charge in [-0.2, -0.15) is 0 Å². The van der Waals surface area contributed by atoms with Gasteiger partial charge in [-0.25, -0.2) is 8.42 Å². The van der Waals surface area contributed by atoms with E-state index in [1.807, 2.05) is 25.1 Å². The van der Waals surface area contributed by atoms with E-state index in [-0.39, 0.29) is 23.0 Å². The molecule has 2 amide bonds. The molecule has 4 aromatic rings. The highest BCUT2D eigenvalue weighted by atomic mass is 35.5. The number of ether oxygens (including phenoxy) is 1. The number of para-hydroxylation sites is 1. The summed E-state index contributed by atoms with van der Waals surface area (Å²) in [6, 6.07) is 27.5. The molecule has 0 saturated carbocycles. The first-order valence-corrected chi connectivity index (χ1v) is 16.2. The van der Waals surface area contributed by atoms with Gasteiger partial charge in [0.05, 0.1) is 20.6 Å². The molecule has 0 radical (unpaired) electrons. The molecule has 4 aromatic carbocycles. The second-order valence-electron chi connectivity index (χ2n) is 9.97. The minimum atomic E-state index is -4.19. The summed E-state index contributed by atoms with van der Waals surface area (Å²) >= 11 is 12.3. The van der Waals surface area contributed by atoms with Crippen molar-refractivity contribution in [3.8, 4) is 11.5 Å². The maximum absolute atomic E-state index is 14.0. The molecule has 1 atom stereocenters. The number of rotatable bonds is 13. The second-order valence-corrected chi connectivity index (χ2v) is 12.6. The number of amides is 2. The quantitative estimate of drug-likeness (QED) is 0.169. The predicted molar refractivity (Wildman–Crippen MR) is 174 cm³/mol. The number of carbonyl (C=O) groups is 2. The van der Waals surface area contributed by atoms with E-state index >= 15 is 0 Å². The van der Waals surface area contributed by atoms with Crippen LogP contribution < -0.4 is 14.4 Å². The molecule has 8 nitrogen and oxygen atoms in total. The lowest BCUT2D eigenvalue weighted by Gasteiger charge is -2.32. The summed E-state index contributed by atoms with van der Waals surface area (Å²) in [7, 11) is -4.19. The number of halogens is 2. The number of nitrogens with one attached hydrogen (secondary N) is 1. The normalized spacial score (nSPS) is 11.8. The van der Waals surface area contributed by atoms with Crippen LogP contribution in [0.4, 0.5) is 5.69 Å². The van der Waals surface area contributed by atoms with Crippen molar-refractivity contribution in [2.24, 2.45) is 0 Å². The number of hydrogen-bond acceptors (Lipinski definition) is 5. The lowest BCUT2D eigenvalue weighted by atomic mass is 10.1. The third-order valence-corrected chi connectivity index (χ3v) is 9.29. The summed E-state index contributed by atoms with van der Waals surface area (Å²) in [4.78, 5) is 28.4. The number of anilines is 1. The van der Waals surface area contributed by atoms with Gasteiger partial charge in [0.25, 0.3) is 10.0 Å². The Hall–Kier alpha value is -4.05. The molecule has 4 rings (SSSR count). The van der Waals surface area contributed by atoms with Gasteiger partial charge in [0.15, 0.2) is 0 Å². The fraction of sp³-hybridized carbons (Fsp3) is 0.212. The Balaban J connectivity index is 1.69. The standard InChI is InChI=1S/C33H33Cl2N3O5S/c1-3-20-36-33(40)24(2)37(22-25-14-19-30(34)31(35)21-25)32(39)23-38(44(41,42)29-12-8-5-9-13-29)26-15-17-28(18-16-26)43-27-10-6-4-7-11-27/h4-19,21,24H,3,20,22-23H2,1-2H3,(H,36,40)/t24-/m0/s1. The summed E-state index contributed by atoms with van der Waals surface area (Å²) in [5.41, 5.74) is 0.878. The Morgan fingerprint density at radius 1 is 0.841 bits per heavy atom. The third-order valence-electron chi connectivity index (χ3n) is 6.77.